The van der Waals surface area contributed by atoms with Crippen LogP contribution in [-0.2, 0) is 11.2 Å². The predicted octanol–water partition coefficient (Wildman–Crippen LogP) is 3.70. The van der Waals surface area contributed by atoms with Crippen molar-refractivity contribution >= 4 is 5.78 Å². The SMILES string of the molecule is Cc1cc(C)c2c(c1)C1CCC(=O)CC1CC2. The Balaban J connectivity index is 2.04. The maximum atomic E-state index is 11.6. The second-order valence-electron chi connectivity index (χ2n) is 5.84. The summed E-state index contributed by atoms with van der Waals surface area (Å²) in [5.41, 5.74) is 5.96. The molecule has 3 rings (SSSR count). The van der Waals surface area contributed by atoms with E-state index in [2.05, 4.69) is 26.0 Å². The van der Waals surface area contributed by atoms with Gasteiger partial charge >= 0.3 is 0 Å². The first kappa shape index (κ1) is 11.0. The number of carbonyl (C=O) groups is 1. The Kier molecular flexibility index (Phi) is 2.57. The van der Waals surface area contributed by atoms with E-state index in [0.29, 0.717) is 17.6 Å². The van der Waals surface area contributed by atoms with Crippen molar-refractivity contribution < 1.29 is 4.79 Å². The van der Waals surface area contributed by atoms with E-state index in [-0.39, 0.29) is 0 Å². The van der Waals surface area contributed by atoms with Crippen LogP contribution in [0.3, 0.4) is 0 Å². The number of hydrogen-bond donors (Lipinski definition) is 0. The molecule has 1 aromatic carbocycles. The number of Topliss-reactive ketones (excluding diaryl/α,β-unsaturated/α-hetero) is 1. The third-order valence-electron chi connectivity index (χ3n) is 4.61. The highest BCUT2D eigenvalue weighted by molar-refractivity contribution is 5.80. The summed E-state index contributed by atoms with van der Waals surface area (Å²) in [6.07, 6.45) is 5.10. The third-order valence-corrected chi connectivity index (χ3v) is 4.61. The van der Waals surface area contributed by atoms with Crippen molar-refractivity contribution in [1.29, 1.82) is 0 Å². The molecule has 2 aliphatic rings. The lowest BCUT2D eigenvalue weighted by Crippen LogP contribution is -2.28. The van der Waals surface area contributed by atoms with Crippen LogP contribution >= 0.6 is 0 Å². The Morgan fingerprint density at radius 1 is 1.12 bits per heavy atom. The molecule has 0 spiro atoms. The fourth-order valence-corrected chi connectivity index (χ4v) is 3.83. The lowest BCUT2D eigenvalue weighted by molar-refractivity contribution is -0.122. The molecule has 1 saturated carbocycles. The van der Waals surface area contributed by atoms with Gasteiger partial charge in [0.15, 0.2) is 0 Å². The summed E-state index contributed by atoms with van der Waals surface area (Å²) in [5, 5.41) is 0. The first-order valence-corrected chi connectivity index (χ1v) is 6.77. The van der Waals surface area contributed by atoms with Crippen LogP contribution in [0.25, 0.3) is 0 Å². The Bertz CT molecular complexity index is 473. The highest BCUT2D eigenvalue weighted by Crippen LogP contribution is 2.45. The summed E-state index contributed by atoms with van der Waals surface area (Å²) < 4.78 is 0. The molecule has 1 aromatic rings. The summed E-state index contributed by atoms with van der Waals surface area (Å²) in [4.78, 5) is 11.6. The minimum absolute atomic E-state index is 0.485. The van der Waals surface area contributed by atoms with Crippen molar-refractivity contribution in [2.24, 2.45) is 5.92 Å². The van der Waals surface area contributed by atoms with E-state index in [1.807, 2.05) is 0 Å². The van der Waals surface area contributed by atoms with Crippen LogP contribution in [0.4, 0.5) is 0 Å². The smallest absolute Gasteiger partial charge is 0.133 e. The van der Waals surface area contributed by atoms with Crippen molar-refractivity contribution in [3.05, 3.63) is 34.4 Å². The Labute approximate surface area is 103 Å². The van der Waals surface area contributed by atoms with Crippen molar-refractivity contribution in [3.8, 4) is 0 Å². The number of ketones is 1. The molecule has 1 nitrogen and oxygen atoms in total. The average molecular weight is 228 g/mol. The standard InChI is InChI=1S/C16H20O/c1-10-7-11(2)14-5-3-12-9-13(17)4-6-15(12)16(14)8-10/h7-8,12,15H,3-6,9H2,1-2H3. The van der Waals surface area contributed by atoms with Gasteiger partial charge in [0.25, 0.3) is 0 Å². The van der Waals surface area contributed by atoms with Gasteiger partial charge < -0.3 is 0 Å². The van der Waals surface area contributed by atoms with Gasteiger partial charge in [0.1, 0.15) is 5.78 Å². The number of carbonyl (C=O) groups excluding carboxylic acids is 1. The van der Waals surface area contributed by atoms with Gasteiger partial charge in [0.05, 0.1) is 0 Å². The van der Waals surface area contributed by atoms with Gasteiger partial charge in [-0.3, -0.25) is 4.79 Å². The van der Waals surface area contributed by atoms with E-state index in [1.165, 1.54) is 24.0 Å². The lowest BCUT2D eigenvalue weighted by atomic mass is 9.67. The summed E-state index contributed by atoms with van der Waals surface area (Å²) in [6, 6.07) is 4.67. The lowest BCUT2D eigenvalue weighted by Gasteiger charge is -2.37. The highest BCUT2D eigenvalue weighted by Gasteiger charge is 2.34. The number of hydrogen-bond acceptors (Lipinski definition) is 1. The molecular weight excluding hydrogens is 208 g/mol. The molecule has 0 N–H and O–H groups in total. The molecule has 0 aromatic heterocycles. The molecule has 0 aliphatic heterocycles. The van der Waals surface area contributed by atoms with E-state index < -0.39 is 0 Å². The topological polar surface area (TPSA) is 17.1 Å². The predicted molar refractivity (Wildman–Crippen MR) is 69.3 cm³/mol. The zero-order valence-electron chi connectivity index (χ0n) is 10.8. The van der Waals surface area contributed by atoms with Crippen LogP contribution < -0.4 is 0 Å². The van der Waals surface area contributed by atoms with E-state index in [1.54, 1.807) is 11.1 Å². The summed E-state index contributed by atoms with van der Waals surface area (Å²) in [7, 11) is 0. The van der Waals surface area contributed by atoms with Gasteiger partial charge in [-0.1, -0.05) is 17.7 Å². The van der Waals surface area contributed by atoms with Crippen LogP contribution in [0.1, 0.15) is 53.9 Å². The highest BCUT2D eigenvalue weighted by atomic mass is 16.1. The molecule has 90 valence electrons. The van der Waals surface area contributed by atoms with Crippen molar-refractivity contribution in [2.45, 2.75) is 51.9 Å². The molecule has 1 fully saturated rings. The van der Waals surface area contributed by atoms with Gasteiger partial charge in [-0.25, -0.2) is 0 Å². The molecule has 0 radical (unpaired) electrons. The second kappa shape index (κ2) is 3.97. The second-order valence-corrected chi connectivity index (χ2v) is 5.84. The third kappa shape index (κ3) is 1.82. The largest absolute Gasteiger partial charge is 0.300 e. The Hall–Kier alpha value is -1.11. The summed E-state index contributed by atoms with van der Waals surface area (Å²) in [5.74, 6) is 1.78. The van der Waals surface area contributed by atoms with E-state index >= 15 is 0 Å². The monoisotopic (exact) mass is 228 g/mol. The molecular formula is C16H20O. The summed E-state index contributed by atoms with van der Waals surface area (Å²) in [6.45, 7) is 4.42. The van der Waals surface area contributed by atoms with Crippen LogP contribution in [0.5, 0.6) is 0 Å². The van der Waals surface area contributed by atoms with E-state index in [0.717, 1.165) is 19.3 Å². The molecule has 2 atom stereocenters. The van der Waals surface area contributed by atoms with Crippen LogP contribution in [0.2, 0.25) is 0 Å². The van der Waals surface area contributed by atoms with Gasteiger partial charge in [-0.05, 0) is 61.6 Å². The Morgan fingerprint density at radius 3 is 2.76 bits per heavy atom. The van der Waals surface area contributed by atoms with Crippen molar-refractivity contribution in [3.63, 3.8) is 0 Å². The molecule has 2 aliphatic carbocycles. The minimum Gasteiger partial charge on any atom is -0.300 e. The van der Waals surface area contributed by atoms with Gasteiger partial charge in [0.2, 0.25) is 0 Å². The molecule has 0 heterocycles. The number of aryl methyl sites for hydroxylation is 2. The summed E-state index contributed by atoms with van der Waals surface area (Å²) >= 11 is 0. The normalized spacial score (nSPS) is 27.5. The molecule has 0 bridgehead atoms. The first-order valence-electron chi connectivity index (χ1n) is 6.77. The van der Waals surface area contributed by atoms with Crippen LogP contribution in [-0.4, -0.2) is 5.78 Å². The first-order chi connectivity index (χ1) is 8.15. The Morgan fingerprint density at radius 2 is 1.94 bits per heavy atom. The molecule has 0 amide bonds. The van der Waals surface area contributed by atoms with Crippen molar-refractivity contribution in [2.75, 3.05) is 0 Å². The average Bonchev–Trinajstić information content (AvgIpc) is 2.27. The van der Waals surface area contributed by atoms with Crippen molar-refractivity contribution in [1.82, 2.24) is 0 Å². The van der Waals surface area contributed by atoms with Crippen LogP contribution in [0, 0.1) is 19.8 Å². The maximum Gasteiger partial charge on any atom is 0.133 e. The molecule has 2 unspecified atom stereocenters. The number of fused-ring (bicyclic) bond motifs is 3. The van der Waals surface area contributed by atoms with Gasteiger partial charge in [0, 0.05) is 12.8 Å². The number of benzene rings is 1. The fourth-order valence-electron chi connectivity index (χ4n) is 3.83. The molecule has 17 heavy (non-hydrogen) atoms. The number of rotatable bonds is 0. The van der Waals surface area contributed by atoms with Gasteiger partial charge in [-0.15, -0.1) is 0 Å². The quantitative estimate of drug-likeness (QED) is 0.661. The fraction of sp³-hybridized carbons (Fsp3) is 0.562. The van der Waals surface area contributed by atoms with E-state index in [9.17, 15) is 4.79 Å². The molecule has 1 heteroatoms. The maximum absolute atomic E-state index is 11.6. The van der Waals surface area contributed by atoms with Crippen LogP contribution in [0.15, 0.2) is 12.1 Å². The van der Waals surface area contributed by atoms with E-state index in [4.69, 9.17) is 0 Å². The zero-order valence-corrected chi connectivity index (χ0v) is 10.8. The van der Waals surface area contributed by atoms with Gasteiger partial charge in [-0.2, -0.15) is 0 Å². The minimum atomic E-state index is 0.485. The zero-order chi connectivity index (χ0) is 12.0. The molecule has 0 saturated heterocycles.